The fourth-order valence-corrected chi connectivity index (χ4v) is 2.46. The van der Waals surface area contributed by atoms with Crippen LogP contribution in [0.15, 0.2) is 30.5 Å². The van der Waals surface area contributed by atoms with E-state index < -0.39 is 0 Å². The minimum atomic E-state index is -0.0729. The van der Waals surface area contributed by atoms with Crippen molar-refractivity contribution >= 4 is 10.9 Å². The van der Waals surface area contributed by atoms with Crippen molar-refractivity contribution in [3.63, 3.8) is 0 Å². The summed E-state index contributed by atoms with van der Waals surface area (Å²) in [7, 11) is 3.78. The summed E-state index contributed by atoms with van der Waals surface area (Å²) >= 11 is 0. The van der Waals surface area contributed by atoms with Crippen LogP contribution in [-0.2, 0) is 17.7 Å². The van der Waals surface area contributed by atoms with Crippen LogP contribution in [0.4, 0.5) is 0 Å². The third-order valence-corrected chi connectivity index (χ3v) is 4.02. The second-order valence-corrected chi connectivity index (χ2v) is 5.93. The highest BCUT2D eigenvalue weighted by Gasteiger charge is 2.17. The molecule has 0 fully saturated rings. The van der Waals surface area contributed by atoms with Crippen LogP contribution in [0.1, 0.15) is 25.8 Å². The van der Waals surface area contributed by atoms with Gasteiger partial charge in [-0.05, 0) is 51.9 Å². The Labute approximate surface area is 121 Å². The van der Waals surface area contributed by atoms with Crippen molar-refractivity contribution < 1.29 is 4.74 Å². The lowest BCUT2D eigenvalue weighted by Gasteiger charge is -2.23. The Hall–Kier alpha value is -1.32. The maximum absolute atomic E-state index is 5.52. The van der Waals surface area contributed by atoms with Crippen molar-refractivity contribution in [3.8, 4) is 0 Å². The normalized spacial score (nSPS) is 12.2. The minimum absolute atomic E-state index is 0.0729. The molecule has 0 atom stereocenters. The summed E-state index contributed by atoms with van der Waals surface area (Å²) in [4.78, 5) is 0. The summed E-state index contributed by atoms with van der Waals surface area (Å²) in [5.74, 6) is 0. The summed E-state index contributed by atoms with van der Waals surface area (Å²) in [5.41, 5.74) is 2.67. The van der Waals surface area contributed by atoms with Crippen LogP contribution in [0.2, 0.25) is 0 Å². The Balaban J connectivity index is 2.24. The Morgan fingerprint density at radius 3 is 2.70 bits per heavy atom. The van der Waals surface area contributed by atoms with Crippen LogP contribution in [0.5, 0.6) is 0 Å². The first-order valence-corrected chi connectivity index (χ1v) is 7.34. The SMILES string of the molecule is CNCCc1cn(CCC(C)(C)OC)c2ccccc12. The average Bonchev–Trinajstić information content (AvgIpc) is 2.81. The van der Waals surface area contributed by atoms with Crippen molar-refractivity contribution in [3.05, 3.63) is 36.0 Å². The first kappa shape index (κ1) is 15.1. The Kier molecular flexibility index (Phi) is 4.84. The molecule has 2 rings (SSSR count). The van der Waals surface area contributed by atoms with Crippen molar-refractivity contribution in [2.45, 2.75) is 38.8 Å². The van der Waals surface area contributed by atoms with Crippen molar-refractivity contribution in [2.24, 2.45) is 0 Å². The monoisotopic (exact) mass is 274 g/mol. The predicted octanol–water partition coefficient (Wildman–Crippen LogP) is 3.22. The molecule has 1 aromatic carbocycles. The molecule has 2 aromatic rings. The van der Waals surface area contributed by atoms with Crippen LogP contribution < -0.4 is 5.32 Å². The van der Waals surface area contributed by atoms with E-state index >= 15 is 0 Å². The number of nitrogens with one attached hydrogen (secondary N) is 1. The largest absolute Gasteiger partial charge is 0.379 e. The summed E-state index contributed by atoms with van der Waals surface area (Å²) < 4.78 is 7.88. The van der Waals surface area contributed by atoms with Crippen LogP contribution in [0.25, 0.3) is 10.9 Å². The quantitative estimate of drug-likeness (QED) is 0.839. The Morgan fingerprint density at radius 1 is 1.25 bits per heavy atom. The van der Waals surface area contributed by atoms with E-state index in [0.29, 0.717) is 0 Å². The molecule has 1 N–H and O–H groups in total. The first-order chi connectivity index (χ1) is 9.57. The van der Waals surface area contributed by atoms with E-state index in [9.17, 15) is 0 Å². The highest BCUT2D eigenvalue weighted by atomic mass is 16.5. The molecular weight excluding hydrogens is 248 g/mol. The average molecular weight is 274 g/mol. The van der Waals surface area contributed by atoms with Gasteiger partial charge < -0.3 is 14.6 Å². The fourth-order valence-electron chi connectivity index (χ4n) is 2.46. The predicted molar refractivity (Wildman–Crippen MR) is 85.3 cm³/mol. The summed E-state index contributed by atoms with van der Waals surface area (Å²) in [6.45, 7) is 6.28. The van der Waals surface area contributed by atoms with Gasteiger partial charge in [0.1, 0.15) is 0 Å². The number of benzene rings is 1. The van der Waals surface area contributed by atoms with E-state index in [1.165, 1.54) is 16.5 Å². The molecule has 1 aromatic heterocycles. The van der Waals surface area contributed by atoms with E-state index in [2.05, 4.69) is 54.2 Å². The zero-order valence-corrected chi connectivity index (χ0v) is 13.1. The van der Waals surface area contributed by atoms with Gasteiger partial charge in [-0.15, -0.1) is 0 Å². The molecule has 0 aliphatic rings. The molecule has 0 amide bonds. The molecule has 0 spiro atoms. The second kappa shape index (κ2) is 6.42. The van der Waals surface area contributed by atoms with Crippen LogP contribution in [0, 0.1) is 0 Å². The van der Waals surface area contributed by atoms with Gasteiger partial charge in [-0.1, -0.05) is 18.2 Å². The fraction of sp³-hybridized carbons (Fsp3) is 0.529. The standard InChI is InChI=1S/C17H26N2O/c1-17(2,20-4)10-12-19-13-14(9-11-18-3)15-7-5-6-8-16(15)19/h5-8,13,18H,9-12H2,1-4H3. The molecule has 0 saturated heterocycles. The zero-order valence-electron chi connectivity index (χ0n) is 13.1. The number of para-hydroxylation sites is 1. The molecular formula is C17H26N2O. The summed E-state index contributed by atoms with van der Waals surface area (Å²) in [6, 6.07) is 8.66. The number of rotatable bonds is 7. The van der Waals surface area contributed by atoms with Gasteiger partial charge in [-0.2, -0.15) is 0 Å². The van der Waals surface area contributed by atoms with Gasteiger partial charge in [0.25, 0.3) is 0 Å². The van der Waals surface area contributed by atoms with Crippen molar-refractivity contribution in [2.75, 3.05) is 20.7 Å². The maximum Gasteiger partial charge on any atom is 0.0639 e. The summed E-state index contributed by atoms with van der Waals surface area (Å²) in [5, 5.41) is 4.60. The lowest BCUT2D eigenvalue weighted by Crippen LogP contribution is -2.24. The van der Waals surface area contributed by atoms with E-state index in [1.807, 2.05) is 7.05 Å². The number of nitrogens with zero attached hydrogens (tertiary/aromatic N) is 1. The Bertz CT molecular complexity index is 557. The van der Waals surface area contributed by atoms with Gasteiger partial charge in [0.2, 0.25) is 0 Å². The first-order valence-electron chi connectivity index (χ1n) is 7.34. The van der Waals surface area contributed by atoms with E-state index in [-0.39, 0.29) is 5.60 Å². The molecule has 0 radical (unpaired) electrons. The number of fused-ring (bicyclic) bond motifs is 1. The maximum atomic E-state index is 5.52. The van der Waals surface area contributed by atoms with E-state index in [0.717, 1.165) is 25.9 Å². The summed E-state index contributed by atoms with van der Waals surface area (Å²) in [6.07, 6.45) is 4.37. The zero-order chi connectivity index (χ0) is 14.6. The third kappa shape index (κ3) is 3.41. The van der Waals surface area contributed by atoms with E-state index in [4.69, 9.17) is 4.74 Å². The Morgan fingerprint density at radius 2 is 2.00 bits per heavy atom. The van der Waals surface area contributed by atoms with Gasteiger partial charge in [0.15, 0.2) is 0 Å². The molecule has 110 valence electrons. The lowest BCUT2D eigenvalue weighted by molar-refractivity contribution is 0.0123. The van der Waals surface area contributed by atoms with Gasteiger partial charge in [-0.25, -0.2) is 0 Å². The van der Waals surface area contributed by atoms with Crippen LogP contribution in [0.3, 0.4) is 0 Å². The highest BCUT2D eigenvalue weighted by Crippen LogP contribution is 2.23. The lowest BCUT2D eigenvalue weighted by atomic mass is 10.1. The van der Waals surface area contributed by atoms with Crippen LogP contribution in [-0.4, -0.2) is 30.9 Å². The molecule has 20 heavy (non-hydrogen) atoms. The van der Waals surface area contributed by atoms with Gasteiger partial charge in [0.05, 0.1) is 5.60 Å². The van der Waals surface area contributed by atoms with Crippen molar-refractivity contribution in [1.82, 2.24) is 9.88 Å². The minimum Gasteiger partial charge on any atom is -0.379 e. The van der Waals surface area contributed by atoms with Gasteiger partial charge in [-0.3, -0.25) is 0 Å². The number of hydrogen-bond acceptors (Lipinski definition) is 2. The molecule has 0 unspecified atom stereocenters. The molecule has 3 nitrogen and oxygen atoms in total. The number of hydrogen-bond donors (Lipinski definition) is 1. The topological polar surface area (TPSA) is 26.2 Å². The number of likely N-dealkylation sites (N-methyl/N-ethyl adjacent to an activating group) is 1. The van der Waals surface area contributed by atoms with Gasteiger partial charge >= 0.3 is 0 Å². The van der Waals surface area contributed by atoms with Crippen LogP contribution >= 0.6 is 0 Å². The molecule has 0 aliphatic heterocycles. The third-order valence-electron chi connectivity index (χ3n) is 4.02. The molecule has 0 bridgehead atoms. The molecule has 1 heterocycles. The van der Waals surface area contributed by atoms with E-state index in [1.54, 1.807) is 7.11 Å². The molecule has 3 heteroatoms. The number of aromatic nitrogens is 1. The highest BCUT2D eigenvalue weighted by molar-refractivity contribution is 5.84. The smallest absolute Gasteiger partial charge is 0.0639 e. The molecule has 0 saturated carbocycles. The number of methoxy groups -OCH3 is 1. The number of aryl methyl sites for hydroxylation is 1. The molecule has 0 aliphatic carbocycles. The number of ether oxygens (including phenoxy) is 1. The van der Waals surface area contributed by atoms with Gasteiger partial charge in [0, 0.05) is 30.8 Å². The second-order valence-electron chi connectivity index (χ2n) is 5.93. The van der Waals surface area contributed by atoms with Crippen molar-refractivity contribution in [1.29, 1.82) is 0 Å².